The molecule has 1 fully saturated rings. The van der Waals surface area contributed by atoms with Crippen molar-refractivity contribution in [1.29, 1.82) is 0 Å². The molecule has 0 aliphatic carbocycles. The largest absolute Gasteiger partial charge is 0.484 e. The van der Waals surface area contributed by atoms with E-state index >= 15 is 0 Å². The fourth-order valence-electron chi connectivity index (χ4n) is 5.32. The van der Waals surface area contributed by atoms with E-state index in [2.05, 4.69) is 15.6 Å². The Kier molecular flexibility index (Phi) is 8.33. The van der Waals surface area contributed by atoms with Gasteiger partial charge in [0, 0.05) is 29.5 Å². The molecule has 1 saturated heterocycles. The first kappa shape index (κ1) is 28.6. The van der Waals surface area contributed by atoms with Gasteiger partial charge in [-0.2, -0.15) is 0 Å². The monoisotopic (exact) mass is 603 g/mol. The lowest BCUT2D eigenvalue weighted by Crippen LogP contribution is -2.30. The number of hydrogen-bond acceptors (Lipinski definition) is 6. The summed E-state index contributed by atoms with van der Waals surface area (Å²) in [7, 11) is 1.37. The summed E-state index contributed by atoms with van der Waals surface area (Å²) in [4.78, 5) is 31.9. The highest BCUT2D eigenvalue weighted by Crippen LogP contribution is 2.42. The fourth-order valence-corrected chi connectivity index (χ4v) is 5.67. The second-order valence-corrected chi connectivity index (χ2v) is 10.4. The molecule has 0 unspecified atom stereocenters. The predicted molar refractivity (Wildman–Crippen MR) is 172 cm³/mol. The molecule has 10 heteroatoms. The van der Waals surface area contributed by atoms with E-state index in [0.717, 1.165) is 17.1 Å². The summed E-state index contributed by atoms with van der Waals surface area (Å²) in [5.74, 6) is -0.0686. The number of hydrogen-bond donors (Lipinski definition) is 2. The number of nitrogens with zero attached hydrogens (tertiary/aromatic N) is 3. The van der Waals surface area contributed by atoms with E-state index < -0.39 is 5.97 Å². The maximum Gasteiger partial charge on any atom is 0.339 e. The summed E-state index contributed by atoms with van der Waals surface area (Å²) < 4.78 is 12.6. The number of esters is 1. The van der Waals surface area contributed by atoms with Crippen molar-refractivity contribution in [3.8, 4) is 11.4 Å². The van der Waals surface area contributed by atoms with Gasteiger partial charge >= 0.3 is 5.97 Å². The third-order valence-corrected chi connectivity index (χ3v) is 7.61. The molecular formula is C34H29N5O4S. The zero-order chi connectivity index (χ0) is 30.5. The van der Waals surface area contributed by atoms with Gasteiger partial charge in [0.05, 0.1) is 30.1 Å². The van der Waals surface area contributed by atoms with Gasteiger partial charge in [-0.15, -0.1) is 0 Å². The van der Waals surface area contributed by atoms with Gasteiger partial charge in [-0.3, -0.25) is 9.78 Å². The molecular weight excluding hydrogens is 574 g/mol. The van der Waals surface area contributed by atoms with Gasteiger partial charge in [-0.25, -0.2) is 4.79 Å². The maximum absolute atomic E-state index is 12.7. The third kappa shape index (κ3) is 5.88. The highest BCUT2D eigenvalue weighted by Gasteiger charge is 2.42. The molecule has 3 heterocycles. The van der Waals surface area contributed by atoms with Gasteiger partial charge in [-0.05, 0) is 85.0 Å². The van der Waals surface area contributed by atoms with E-state index in [9.17, 15) is 9.59 Å². The summed E-state index contributed by atoms with van der Waals surface area (Å²) in [5.41, 5.74) is 4.28. The van der Waals surface area contributed by atoms with E-state index in [1.54, 1.807) is 24.4 Å². The number of pyridine rings is 1. The number of para-hydroxylation sites is 2. The second kappa shape index (κ2) is 12.8. The van der Waals surface area contributed by atoms with Crippen molar-refractivity contribution >= 4 is 40.6 Å². The van der Waals surface area contributed by atoms with Crippen LogP contribution in [0.25, 0.3) is 5.69 Å². The number of nitrogens with one attached hydrogen (secondary N) is 2. The Balaban J connectivity index is 1.32. The number of carbonyl (C=O) groups is 2. The number of rotatable bonds is 9. The van der Waals surface area contributed by atoms with E-state index in [4.69, 9.17) is 21.7 Å². The lowest BCUT2D eigenvalue weighted by atomic mass is 10.0. The van der Waals surface area contributed by atoms with Gasteiger partial charge < -0.3 is 29.6 Å². The van der Waals surface area contributed by atoms with Crippen LogP contribution < -0.4 is 20.3 Å². The molecule has 9 nitrogen and oxygen atoms in total. The van der Waals surface area contributed by atoms with Gasteiger partial charge in [0.1, 0.15) is 11.8 Å². The number of thiocarbonyl (C=S) groups is 1. The topological polar surface area (TPSA) is 97.7 Å². The van der Waals surface area contributed by atoms with Crippen LogP contribution in [0.2, 0.25) is 0 Å². The molecule has 5 aromatic rings. The molecule has 2 N–H and O–H groups in total. The third-order valence-electron chi connectivity index (χ3n) is 7.29. The molecule has 3 aromatic carbocycles. The van der Waals surface area contributed by atoms with Crippen LogP contribution in [-0.4, -0.2) is 40.3 Å². The number of amides is 1. The van der Waals surface area contributed by atoms with Crippen LogP contribution >= 0.6 is 12.2 Å². The summed E-state index contributed by atoms with van der Waals surface area (Å²) in [5, 5.41) is 6.87. The Labute approximate surface area is 260 Å². The van der Waals surface area contributed by atoms with Crippen LogP contribution in [0.1, 0.15) is 33.8 Å². The van der Waals surface area contributed by atoms with Crippen molar-refractivity contribution in [2.75, 3.05) is 23.9 Å². The molecule has 2 aromatic heterocycles. The van der Waals surface area contributed by atoms with Crippen molar-refractivity contribution in [3.63, 3.8) is 0 Å². The molecule has 1 aliphatic rings. The summed E-state index contributed by atoms with van der Waals surface area (Å²) >= 11 is 5.90. The maximum atomic E-state index is 12.7. The minimum absolute atomic E-state index is 0.107. The first-order valence-corrected chi connectivity index (χ1v) is 14.4. The molecule has 1 amide bonds. The van der Waals surface area contributed by atoms with Gasteiger partial charge in [-0.1, -0.05) is 36.4 Å². The lowest BCUT2D eigenvalue weighted by Gasteiger charge is -2.29. The predicted octanol–water partition coefficient (Wildman–Crippen LogP) is 5.85. The zero-order valence-corrected chi connectivity index (χ0v) is 24.6. The number of methoxy groups -OCH3 is 1. The zero-order valence-electron chi connectivity index (χ0n) is 23.8. The minimum Gasteiger partial charge on any atom is -0.484 e. The number of anilines is 2. The fraction of sp³-hybridized carbons (Fsp3) is 0.118. The quantitative estimate of drug-likeness (QED) is 0.160. The van der Waals surface area contributed by atoms with Crippen LogP contribution in [0.4, 0.5) is 11.4 Å². The molecule has 44 heavy (non-hydrogen) atoms. The number of ether oxygens (including phenoxy) is 2. The van der Waals surface area contributed by atoms with Crippen LogP contribution in [0.3, 0.4) is 0 Å². The molecule has 1 aliphatic heterocycles. The van der Waals surface area contributed by atoms with Gasteiger partial charge in [0.15, 0.2) is 11.7 Å². The minimum atomic E-state index is -0.426. The highest BCUT2D eigenvalue weighted by atomic mass is 32.1. The summed E-state index contributed by atoms with van der Waals surface area (Å²) in [6.07, 6.45) is 3.67. The van der Waals surface area contributed by atoms with Crippen molar-refractivity contribution in [2.45, 2.75) is 12.1 Å². The molecule has 220 valence electrons. The second-order valence-electron chi connectivity index (χ2n) is 10.0. The van der Waals surface area contributed by atoms with E-state index in [1.807, 2.05) is 107 Å². The molecule has 6 rings (SSSR count). The lowest BCUT2D eigenvalue weighted by molar-refractivity contribution is -0.118. The van der Waals surface area contributed by atoms with Gasteiger partial charge in [0.25, 0.3) is 5.91 Å². The van der Waals surface area contributed by atoms with Crippen molar-refractivity contribution in [1.82, 2.24) is 14.9 Å². The highest BCUT2D eigenvalue weighted by molar-refractivity contribution is 7.80. The van der Waals surface area contributed by atoms with Crippen molar-refractivity contribution < 1.29 is 19.1 Å². The molecule has 0 bridgehead atoms. The molecule has 0 radical (unpaired) electrons. The van der Waals surface area contributed by atoms with Crippen LogP contribution in [-0.2, 0) is 9.53 Å². The SMILES string of the molecule is COC(=O)c1ccccc1-n1cccc1[C@@H]1[C@@H](c2ccccn2)NC(=S)N1c1ccc(NC(=O)COc2ccccc2)cc1. The van der Waals surface area contributed by atoms with E-state index in [1.165, 1.54) is 7.11 Å². The molecule has 2 atom stereocenters. The van der Waals surface area contributed by atoms with Crippen molar-refractivity contribution in [3.05, 3.63) is 139 Å². The average Bonchev–Trinajstić information content (AvgIpc) is 3.69. The number of benzene rings is 3. The Morgan fingerprint density at radius 1 is 0.909 bits per heavy atom. The van der Waals surface area contributed by atoms with E-state index in [-0.39, 0.29) is 24.6 Å². The number of aromatic nitrogens is 2. The summed E-state index contributed by atoms with van der Waals surface area (Å²) in [6, 6.07) is 33.1. The number of carbonyl (C=O) groups excluding carboxylic acids is 2. The Hall–Kier alpha value is -5.48. The van der Waals surface area contributed by atoms with Gasteiger partial charge in [0.2, 0.25) is 0 Å². The van der Waals surface area contributed by atoms with Crippen LogP contribution in [0.5, 0.6) is 5.75 Å². The first-order chi connectivity index (χ1) is 21.5. The summed E-state index contributed by atoms with van der Waals surface area (Å²) in [6.45, 7) is -0.107. The normalized spacial score (nSPS) is 15.8. The van der Waals surface area contributed by atoms with E-state index in [0.29, 0.717) is 27.8 Å². The average molecular weight is 604 g/mol. The molecule has 0 spiro atoms. The van der Waals surface area contributed by atoms with Crippen LogP contribution in [0.15, 0.2) is 122 Å². The Bertz CT molecular complexity index is 1780. The molecule has 0 saturated carbocycles. The smallest absolute Gasteiger partial charge is 0.339 e. The van der Waals surface area contributed by atoms with Crippen molar-refractivity contribution in [2.24, 2.45) is 0 Å². The standard InChI is InChI=1S/C34H29N5O4S/c1-42-33(41)26-12-5-6-14-28(26)38-21-9-15-29(38)32-31(27-13-7-8-20-35-27)37-34(44)39(32)24-18-16-23(17-19-24)36-30(40)22-43-25-10-3-2-4-11-25/h2-21,31-32H,22H2,1H3,(H,36,40)(H,37,44)/t31-,32-/m1/s1. The first-order valence-electron chi connectivity index (χ1n) is 14.0. The Morgan fingerprint density at radius 2 is 1.66 bits per heavy atom. The Morgan fingerprint density at radius 3 is 2.41 bits per heavy atom. The van der Waals surface area contributed by atoms with Crippen LogP contribution in [0, 0.1) is 0 Å².